The van der Waals surface area contributed by atoms with E-state index in [9.17, 15) is 10.1 Å². The van der Waals surface area contributed by atoms with Gasteiger partial charge in [-0.1, -0.05) is 0 Å². The smallest absolute Gasteiger partial charge is 0.310 e. The van der Waals surface area contributed by atoms with E-state index in [1.807, 2.05) is 0 Å². The molecule has 2 rings (SSSR count). The summed E-state index contributed by atoms with van der Waals surface area (Å²) in [5.74, 6) is 0.105. The summed E-state index contributed by atoms with van der Waals surface area (Å²) >= 11 is 0. The van der Waals surface area contributed by atoms with Crippen molar-refractivity contribution < 1.29 is 4.92 Å². The molecule has 1 saturated carbocycles. The van der Waals surface area contributed by atoms with Crippen LogP contribution in [0.15, 0.2) is 6.20 Å². The Bertz CT molecular complexity index is 321. The number of hydrogen-bond acceptors (Lipinski definition) is 4. The Labute approximate surface area is 67.9 Å². The van der Waals surface area contributed by atoms with E-state index in [0.717, 1.165) is 6.42 Å². The van der Waals surface area contributed by atoms with Crippen LogP contribution >= 0.6 is 0 Å². The number of nitro groups is 1. The lowest BCUT2D eigenvalue weighted by Crippen LogP contribution is -2.02. The molecule has 0 bridgehead atoms. The third kappa shape index (κ3) is 0.964. The Balaban J connectivity index is 2.31. The van der Waals surface area contributed by atoms with Gasteiger partial charge in [-0.3, -0.25) is 15.2 Å². The van der Waals surface area contributed by atoms with Gasteiger partial charge in [-0.2, -0.15) is 5.10 Å². The SMILES string of the molecule is NC1CC1c1[nH]ncc1[N+](=O)[O-]. The van der Waals surface area contributed by atoms with E-state index in [0.29, 0.717) is 5.69 Å². The first-order valence-corrected chi connectivity index (χ1v) is 3.63. The molecule has 0 aromatic carbocycles. The fraction of sp³-hybridized carbons (Fsp3) is 0.500. The van der Waals surface area contributed by atoms with Gasteiger partial charge >= 0.3 is 5.69 Å². The average Bonchev–Trinajstić information content (AvgIpc) is 2.58. The van der Waals surface area contributed by atoms with E-state index in [-0.39, 0.29) is 17.6 Å². The van der Waals surface area contributed by atoms with E-state index in [2.05, 4.69) is 10.2 Å². The van der Waals surface area contributed by atoms with Crippen molar-refractivity contribution in [1.82, 2.24) is 10.2 Å². The van der Waals surface area contributed by atoms with Crippen LogP contribution in [0.5, 0.6) is 0 Å². The number of aromatic nitrogens is 2. The number of nitrogens with one attached hydrogen (secondary N) is 1. The molecule has 6 heteroatoms. The maximum atomic E-state index is 10.4. The molecule has 2 atom stereocenters. The lowest BCUT2D eigenvalue weighted by molar-refractivity contribution is -0.385. The second-order valence-corrected chi connectivity index (χ2v) is 2.93. The topological polar surface area (TPSA) is 97.8 Å². The fourth-order valence-corrected chi connectivity index (χ4v) is 1.25. The van der Waals surface area contributed by atoms with Crippen LogP contribution in [0.2, 0.25) is 0 Å². The third-order valence-electron chi connectivity index (χ3n) is 2.06. The highest BCUT2D eigenvalue weighted by Gasteiger charge is 2.40. The molecule has 0 aliphatic heterocycles. The highest BCUT2D eigenvalue weighted by Crippen LogP contribution is 2.41. The molecule has 1 heterocycles. The van der Waals surface area contributed by atoms with Crippen LogP contribution in [0.4, 0.5) is 5.69 Å². The largest absolute Gasteiger partial charge is 0.327 e. The number of nitrogens with two attached hydrogens (primary N) is 1. The minimum atomic E-state index is -0.441. The molecule has 1 aromatic heterocycles. The molecule has 0 amide bonds. The van der Waals surface area contributed by atoms with Crippen molar-refractivity contribution in [3.63, 3.8) is 0 Å². The van der Waals surface area contributed by atoms with E-state index < -0.39 is 4.92 Å². The summed E-state index contributed by atoms with van der Waals surface area (Å²) in [5, 5.41) is 16.7. The second kappa shape index (κ2) is 2.28. The van der Waals surface area contributed by atoms with Gasteiger partial charge in [0.15, 0.2) is 0 Å². The van der Waals surface area contributed by atoms with Gasteiger partial charge < -0.3 is 5.73 Å². The zero-order valence-corrected chi connectivity index (χ0v) is 6.23. The predicted molar refractivity (Wildman–Crippen MR) is 40.6 cm³/mol. The van der Waals surface area contributed by atoms with Gasteiger partial charge in [0.25, 0.3) is 0 Å². The van der Waals surface area contributed by atoms with Gasteiger partial charge in [-0.25, -0.2) is 0 Å². The monoisotopic (exact) mass is 168 g/mol. The van der Waals surface area contributed by atoms with Crippen molar-refractivity contribution in [3.05, 3.63) is 22.0 Å². The quantitative estimate of drug-likeness (QED) is 0.484. The highest BCUT2D eigenvalue weighted by molar-refractivity contribution is 5.38. The van der Waals surface area contributed by atoms with Gasteiger partial charge in [0.2, 0.25) is 0 Å². The number of aromatic amines is 1. The van der Waals surface area contributed by atoms with Crippen molar-refractivity contribution in [1.29, 1.82) is 0 Å². The van der Waals surface area contributed by atoms with Crippen molar-refractivity contribution >= 4 is 5.69 Å². The molecule has 12 heavy (non-hydrogen) atoms. The summed E-state index contributed by atoms with van der Waals surface area (Å²) in [7, 11) is 0. The van der Waals surface area contributed by atoms with Crippen LogP contribution in [-0.2, 0) is 0 Å². The second-order valence-electron chi connectivity index (χ2n) is 2.93. The third-order valence-corrected chi connectivity index (χ3v) is 2.06. The van der Waals surface area contributed by atoms with Crippen molar-refractivity contribution in [2.24, 2.45) is 5.73 Å². The zero-order chi connectivity index (χ0) is 8.72. The van der Waals surface area contributed by atoms with Gasteiger partial charge in [0.1, 0.15) is 11.9 Å². The maximum absolute atomic E-state index is 10.4. The molecule has 3 N–H and O–H groups in total. The number of nitrogens with zero attached hydrogens (tertiary/aromatic N) is 2. The summed E-state index contributed by atoms with van der Waals surface area (Å²) in [5.41, 5.74) is 6.17. The summed E-state index contributed by atoms with van der Waals surface area (Å²) in [6.45, 7) is 0. The molecule has 1 fully saturated rings. The highest BCUT2D eigenvalue weighted by atomic mass is 16.6. The number of H-pyrrole nitrogens is 1. The standard InChI is InChI=1S/C6H8N4O2/c7-4-1-3(4)6-5(10(11)12)2-8-9-6/h2-4H,1,7H2,(H,8,9). The Morgan fingerprint density at radius 3 is 3.00 bits per heavy atom. The molecule has 0 radical (unpaired) electrons. The van der Waals surface area contributed by atoms with Gasteiger partial charge in [-0.15, -0.1) is 0 Å². The van der Waals surface area contributed by atoms with Crippen LogP contribution < -0.4 is 5.73 Å². The van der Waals surface area contributed by atoms with Gasteiger partial charge in [-0.05, 0) is 6.42 Å². The van der Waals surface area contributed by atoms with E-state index in [4.69, 9.17) is 5.73 Å². The maximum Gasteiger partial charge on any atom is 0.310 e. The Hall–Kier alpha value is -1.43. The Morgan fingerprint density at radius 1 is 1.83 bits per heavy atom. The van der Waals surface area contributed by atoms with Crippen molar-refractivity contribution in [2.75, 3.05) is 0 Å². The summed E-state index contributed by atoms with van der Waals surface area (Å²) < 4.78 is 0. The fourth-order valence-electron chi connectivity index (χ4n) is 1.25. The molecule has 1 aliphatic carbocycles. The van der Waals surface area contributed by atoms with Crippen LogP contribution in [0.25, 0.3) is 0 Å². The van der Waals surface area contributed by atoms with Crippen molar-refractivity contribution in [3.8, 4) is 0 Å². The molecule has 1 aromatic rings. The molecule has 6 nitrogen and oxygen atoms in total. The lowest BCUT2D eigenvalue weighted by atomic mass is 10.2. The van der Waals surface area contributed by atoms with Crippen molar-refractivity contribution in [2.45, 2.75) is 18.4 Å². The molecule has 64 valence electrons. The Morgan fingerprint density at radius 2 is 2.50 bits per heavy atom. The minimum absolute atomic E-state index is 0.0490. The first-order valence-electron chi connectivity index (χ1n) is 3.63. The average molecular weight is 168 g/mol. The zero-order valence-electron chi connectivity index (χ0n) is 6.23. The minimum Gasteiger partial charge on any atom is -0.327 e. The van der Waals surface area contributed by atoms with E-state index in [1.54, 1.807) is 0 Å². The number of hydrogen-bond donors (Lipinski definition) is 2. The first-order chi connectivity index (χ1) is 5.70. The van der Waals surface area contributed by atoms with Gasteiger partial charge in [0, 0.05) is 12.0 Å². The molecule has 2 unspecified atom stereocenters. The lowest BCUT2D eigenvalue weighted by Gasteiger charge is -1.91. The molecule has 0 spiro atoms. The molecule has 0 saturated heterocycles. The van der Waals surface area contributed by atoms with Crippen LogP contribution in [0.1, 0.15) is 18.0 Å². The molecular weight excluding hydrogens is 160 g/mol. The summed E-state index contributed by atoms with van der Waals surface area (Å²) in [6, 6.07) is 0.0594. The number of rotatable bonds is 2. The van der Waals surface area contributed by atoms with Crippen LogP contribution in [0, 0.1) is 10.1 Å². The summed E-state index contributed by atoms with van der Waals surface area (Å²) in [4.78, 5) is 9.99. The molecule has 1 aliphatic rings. The van der Waals surface area contributed by atoms with Crippen LogP contribution in [-0.4, -0.2) is 21.2 Å². The van der Waals surface area contributed by atoms with Crippen LogP contribution in [0.3, 0.4) is 0 Å². The van der Waals surface area contributed by atoms with Gasteiger partial charge in [0.05, 0.1) is 4.92 Å². The normalized spacial score (nSPS) is 27.1. The van der Waals surface area contributed by atoms with E-state index in [1.165, 1.54) is 6.20 Å². The van der Waals surface area contributed by atoms with E-state index >= 15 is 0 Å². The summed E-state index contributed by atoms with van der Waals surface area (Å²) in [6.07, 6.45) is 2.03. The molecular formula is C6H8N4O2. The predicted octanol–water partition coefficient (Wildman–Crippen LogP) is 0.132. The first kappa shape index (κ1) is 7.23. The Kier molecular flexibility index (Phi) is 1.37.